The monoisotopic (exact) mass is 273 g/mol. The summed E-state index contributed by atoms with van der Waals surface area (Å²) < 4.78 is 0. The summed E-state index contributed by atoms with van der Waals surface area (Å²) in [5.74, 6) is 0.892. The Bertz CT molecular complexity index is 448. The molecule has 0 aliphatic carbocycles. The molecule has 1 N–H and O–H groups in total. The predicted octanol–water partition coefficient (Wildman–Crippen LogP) is 2.43. The highest BCUT2D eigenvalue weighted by molar-refractivity contribution is 5.57. The molecule has 3 rings (SSSR count). The summed E-state index contributed by atoms with van der Waals surface area (Å²) in [5, 5.41) is 3.48. The van der Waals surface area contributed by atoms with Gasteiger partial charge in [-0.1, -0.05) is 12.1 Å². The molecule has 110 valence electrons. The van der Waals surface area contributed by atoms with Gasteiger partial charge in [-0.15, -0.1) is 0 Å². The molecule has 1 saturated heterocycles. The van der Waals surface area contributed by atoms with Crippen LogP contribution in [0.15, 0.2) is 18.2 Å². The van der Waals surface area contributed by atoms with Crippen LogP contribution < -0.4 is 5.32 Å². The van der Waals surface area contributed by atoms with Gasteiger partial charge in [-0.05, 0) is 69.6 Å². The number of hydrogen-bond donors (Lipinski definition) is 1. The van der Waals surface area contributed by atoms with E-state index in [0.717, 1.165) is 19.0 Å². The van der Waals surface area contributed by atoms with Crippen LogP contribution in [0.3, 0.4) is 0 Å². The molecule has 2 aliphatic heterocycles. The number of benzene rings is 1. The number of nitrogens with one attached hydrogen (secondary N) is 1. The molecule has 0 unspecified atom stereocenters. The van der Waals surface area contributed by atoms with Crippen molar-refractivity contribution in [3.8, 4) is 0 Å². The lowest BCUT2D eigenvalue weighted by Gasteiger charge is -2.33. The number of nitrogens with zero attached hydrogens (tertiary/aromatic N) is 2. The van der Waals surface area contributed by atoms with Gasteiger partial charge in [0.1, 0.15) is 0 Å². The standard InChI is InChI=1S/C17H27N3/c1-19(2)12-14-6-9-20(10-7-14)13-15-3-4-16-5-8-18-17(16)11-15/h3-4,11,14,18H,5-10,12-13H2,1-2H3. The molecule has 0 saturated carbocycles. The summed E-state index contributed by atoms with van der Waals surface area (Å²) in [6.45, 7) is 5.97. The van der Waals surface area contributed by atoms with Crippen molar-refractivity contribution in [2.45, 2.75) is 25.8 Å². The largest absolute Gasteiger partial charge is 0.384 e. The van der Waals surface area contributed by atoms with Crippen LogP contribution in [-0.2, 0) is 13.0 Å². The minimum Gasteiger partial charge on any atom is -0.384 e. The maximum absolute atomic E-state index is 3.48. The zero-order valence-corrected chi connectivity index (χ0v) is 12.9. The second-order valence-electron chi connectivity index (χ2n) is 6.65. The van der Waals surface area contributed by atoms with E-state index in [4.69, 9.17) is 0 Å². The van der Waals surface area contributed by atoms with Crippen LogP contribution in [0.2, 0.25) is 0 Å². The summed E-state index contributed by atoms with van der Waals surface area (Å²) in [5.41, 5.74) is 4.31. The van der Waals surface area contributed by atoms with Gasteiger partial charge in [-0.2, -0.15) is 0 Å². The van der Waals surface area contributed by atoms with Gasteiger partial charge in [-0.3, -0.25) is 4.90 Å². The third-order valence-electron chi connectivity index (χ3n) is 4.62. The van der Waals surface area contributed by atoms with E-state index in [9.17, 15) is 0 Å². The lowest BCUT2D eigenvalue weighted by atomic mass is 9.96. The molecule has 2 heterocycles. The molecule has 1 aromatic rings. The smallest absolute Gasteiger partial charge is 0.0376 e. The third-order valence-corrected chi connectivity index (χ3v) is 4.62. The van der Waals surface area contributed by atoms with Crippen molar-refractivity contribution >= 4 is 5.69 Å². The Morgan fingerprint density at radius 3 is 2.80 bits per heavy atom. The van der Waals surface area contributed by atoms with Gasteiger partial charge < -0.3 is 10.2 Å². The molecule has 0 bridgehead atoms. The molecule has 0 aromatic heterocycles. The second kappa shape index (κ2) is 6.15. The first-order valence-electron chi connectivity index (χ1n) is 7.93. The number of fused-ring (bicyclic) bond motifs is 1. The fourth-order valence-electron chi connectivity index (χ4n) is 3.54. The Labute approximate surface area is 123 Å². The normalized spacial score (nSPS) is 20.1. The Morgan fingerprint density at radius 2 is 2.05 bits per heavy atom. The van der Waals surface area contributed by atoms with Crippen molar-refractivity contribution < 1.29 is 0 Å². The quantitative estimate of drug-likeness (QED) is 0.909. The molecule has 1 aromatic carbocycles. The zero-order valence-electron chi connectivity index (χ0n) is 12.9. The average Bonchev–Trinajstić information content (AvgIpc) is 2.88. The number of hydrogen-bond acceptors (Lipinski definition) is 3. The van der Waals surface area contributed by atoms with Gasteiger partial charge in [0.25, 0.3) is 0 Å². The van der Waals surface area contributed by atoms with Gasteiger partial charge in [0.15, 0.2) is 0 Å². The van der Waals surface area contributed by atoms with Crippen LogP contribution in [0.1, 0.15) is 24.0 Å². The fraction of sp³-hybridized carbons (Fsp3) is 0.647. The molecule has 0 atom stereocenters. The van der Waals surface area contributed by atoms with E-state index in [1.165, 1.54) is 55.7 Å². The van der Waals surface area contributed by atoms with Crippen LogP contribution >= 0.6 is 0 Å². The average molecular weight is 273 g/mol. The first-order valence-corrected chi connectivity index (χ1v) is 7.93. The minimum absolute atomic E-state index is 0.892. The predicted molar refractivity (Wildman–Crippen MR) is 85.2 cm³/mol. The molecular formula is C17H27N3. The molecule has 0 radical (unpaired) electrons. The Hall–Kier alpha value is -1.06. The Balaban J connectivity index is 1.52. The SMILES string of the molecule is CN(C)CC1CCN(Cc2ccc3c(c2)NCC3)CC1. The lowest BCUT2D eigenvalue weighted by Crippen LogP contribution is -2.36. The number of likely N-dealkylation sites (tertiary alicyclic amines) is 1. The number of anilines is 1. The van der Waals surface area contributed by atoms with Gasteiger partial charge in [0.05, 0.1) is 0 Å². The summed E-state index contributed by atoms with van der Waals surface area (Å²) in [7, 11) is 4.37. The highest BCUT2D eigenvalue weighted by Crippen LogP contribution is 2.25. The first kappa shape index (κ1) is 13.9. The molecule has 0 amide bonds. The van der Waals surface area contributed by atoms with Crippen LogP contribution in [0.5, 0.6) is 0 Å². The van der Waals surface area contributed by atoms with Crippen LogP contribution in [0, 0.1) is 5.92 Å². The first-order chi connectivity index (χ1) is 9.70. The van der Waals surface area contributed by atoms with E-state index in [-0.39, 0.29) is 0 Å². The second-order valence-corrected chi connectivity index (χ2v) is 6.65. The van der Waals surface area contributed by atoms with E-state index in [1.54, 1.807) is 0 Å². The highest BCUT2D eigenvalue weighted by atomic mass is 15.1. The van der Waals surface area contributed by atoms with Gasteiger partial charge in [-0.25, -0.2) is 0 Å². The summed E-state index contributed by atoms with van der Waals surface area (Å²) in [6.07, 6.45) is 3.88. The molecule has 0 spiro atoms. The Morgan fingerprint density at radius 1 is 1.25 bits per heavy atom. The van der Waals surface area contributed by atoms with E-state index >= 15 is 0 Å². The maximum atomic E-state index is 3.48. The van der Waals surface area contributed by atoms with E-state index in [2.05, 4.69) is 47.4 Å². The van der Waals surface area contributed by atoms with Crippen molar-refractivity contribution in [1.29, 1.82) is 0 Å². The van der Waals surface area contributed by atoms with E-state index in [1.807, 2.05) is 0 Å². The van der Waals surface area contributed by atoms with Gasteiger partial charge in [0, 0.05) is 25.3 Å². The molecular weight excluding hydrogens is 246 g/mol. The van der Waals surface area contributed by atoms with Crippen molar-refractivity contribution in [3.63, 3.8) is 0 Å². The summed E-state index contributed by atoms with van der Waals surface area (Å²) >= 11 is 0. The molecule has 3 nitrogen and oxygen atoms in total. The highest BCUT2D eigenvalue weighted by Gasteiger charge is 2.20. The van der Waals surface area contributed by atoms with E-state index < -0.39 is 0 Å². The minimum atomic E-state index is 0.892. The molecule has 20 heavy (non-hydrogen) atoms. The maximum Gasteiger partial charge on any atom is 0.0376 e. The van der Waals surface area contributed by atoms with Crippen molar-refractivity contribution in [1.82, 2.24) is 9.80 Å². The third kappa shape index (κ3) is 3.33. The molecule has 1 fully saturated rings. The summed E-state index contributed by atoms with van der Waals surface area (Å²) in [4.78, 5) is 4.94. The lowest BCUT2D eigenvalue weighted by molar-refractivity contribution is 0.157. The fourth-order valence-corrected chi connectivity index (χ4v) is 3.54. The van der Waals surface area contributed by atoms with Gasteiger partial charge >= 0.3 is 0 Å². The molecule has 3 heteroatoms. The van der Waals surface area contributed by atoms with Crippen molar-refractivity contribution in [3.05, 3.63) is 29.3 Å². The number of piperidine rings is 1. The summed E-state index contributed by atoms with van der Waals surface area (Å²) in [6, 6.07) is 6.98. The Kier molecular flexibility index (Phi) is 4.27. The number of rotatable bonds is 4. The van der Waals surface area contributed by atoms with Gasteiger partial charge in [0.2, 0.25) is 0 Å². The zero-order chi connectivity index (χ0) is 13.9. The van der Waals surface area contributed by atoms with Crippen molar-refractivity contribution in [2.75, 3.05) is 45.6 Å². The van der Waals surface area contributed by atoms with Crippen molar-refractivity contribution in [2.24, 2.45) is 5.92 Å². The van der Waals surface area contributed by atoms with E-state index in [0.29, 0.717) is 0 Å². The molecule has 2 aliphatic rings. The topological polar surface area (TPSA) is 18.5 Å². The van der Waals surface area contributed by atoms with Crippen LogP contribution in [0.4, 0.5) is 5.69 Å². The van der Waals surface area contributed by atoms with Crippen LogP contribution in [-0.4, -0.2) is 50.1 Å². The van der Waals surface area contributed by atoms with Crippen LogP contribution in [0.25, 0.3) is 0 Å².